The van der Waals surface area contributed by atoms with Gasteiger partial charge in [-0.15, -0.1) is 5.10 Å². The highest BCUT2D eigenvalue weighted by Crippen LogP contribution is 2.31. The lowest BCUT2D eigenvalue weighted by atomic mass is 10.1. The van der Waals surface area contributed by atoms with E-state index in [-0.39, 0.29) is 0 Å². The van der Waals surface area contributed by atoms with Gasteiger partial charge < -0.3 is 19.8 Å². The molecule has 0 unspecified atom stereocenters. The first-order valence-electron chi connectivity index (χ1n) is 10.8. The van der Waals surface area contributed by atoms with Gasteiger partial charge in [0.15, 0.2) is 5.65 Å². The van der Waals surface area contributed by atoms with Crippen LogP contribution in [0.3, 0.4) is 0 Å². The van der Waals surface area contributed by atoms with Crippen molar-refractivity contribution in [2.45, 2.75) is 13.8 Å². The third kappa shape index (κ3) is 4.17. The number of nitrogens with one attached hydrogen (secondary N) is 2. The molecule has 172 valence electrons. The number of hydrogen-bond donors (Lipinski definition) is 2. The molecular formula is C24H19N9O2. The second kappa shape index (κ2) is 8.37. The maximum absolute atomic E-state index is 6.07. The molecule has 11 heteroatoms. The number of anilines is 4. The van der Waals surface area contributed by atoms with Gasteiger partial charge in [-0.05, 0) is 55.0 Å². The SMILES string of the molecule is Cc1nnc(Nc2ccc3ncnc(Nc4ccc(Oc5ccn6ncnc6c5)c(C)c4)c3c2)o1. The molecule has 0 amide bonds. The van der Waals surface area contributed by atoms with E-state index in [2.05, 4.69) is 40.9 Å². The van der Waals surface area contributed by atoms with Crippen LogP contribution in [0.1, 0.15) is 11.5 Å². The average Bonchev–Trinajstić information content (AvgIpc) is 3.49. The molecule has 2 N–H and O–H groups in total. The van der Waals surface area contributed by atoms with Crippen LogP contribution in [0.2, 0.25) is 0 Å². The van der Waals surface area contributed by atoms with E-state index in [4.69, 9.17) is 9.15 Å². The van der Waals surface area contributed by atoms with Gasteiger partial charge in [0, 0.05) is 35.9 Å². The first kappa shape index (κ1) is 20.5. The summed E-state index contributed by atoms with van der Waals surface area (Å²) in [5.74, 6) is 2.59. The predicted octanol–water partition coefficient (Wildman–Crippen LogP) is 4.95. The second-order valence-corrected chi connectivity index (χ2v) is 7.84. The standard InChI is InChI=1S/C24H19N9O2/c1-14-9-16(4-6-21(14)35-18-7-8-33-22(11-18)26-13-28-33)29-23-19-10-17(3-5-20(19)25-12-27-23)30-24-32-31-15(2)34-24/h3-13H,1-2H3,(H,30,32)(H,25,27,29). The van der Waals surface area contributed by atoms with Crippen LogP contribution >= 0.6 is 0 Å². The topological polar surface area (TPSA) is 128 Å². The Kier molecular flexibility index (Phi) is 4.91. The smallest absolute Gasteiger partial charge is 0.320 e. The van der Waals surface area contributed by atoms with Crippen LogP contribution in [0.4, 0.5) is 23.2 Å². The van der Waals surface area contributed by atoms with Gasteiger partial charge in [0.05, 0.1) is 5.52 Å². The lowest BCUT2D eigenvalue weighted by Crippen LogP contribution is -1.98. The Morgan fingerprint density at radius 1 is 0.857 bits per heavy atom. The number of hydrogen-bond acceptors (Lipinski definition) is 10. The fourth-order valence-corrected chi connectivity index (χ4v) is 3.67. The molecule has 0 bridgehead atoms. The normalized spacial score (nSPS) is 11.1. The summed E-state index contributed by atoms with van der Waals surface area (Å²) in [7, 11) is 0. The van der Waals surface area contributed by atoms with Crippen LogP contribution in [0, 0.1) is 13.8 Å². The number of pyridine rings is 1. The Hall–Kier alpha value is -5.06. The Balaban J connectivity index is 1.25. The van der Waals surface area contributed by atoms with Gasteiger partial charge in [-0.3, -0.25) is 0 Å². The minimum absolute atomic E-state index is 0.322. The first-order chi connectivity index (χ1) is 17.1. The molecule has 0 fully saturated rings. The molecule has 0 saturated carbocycles. The number of aryl methyl sites for hydroxylation is 2. The molecule has 11 nitrogen and oxygen atoms in total. The summed E-state index contributed by atoms with van der Waals surface area (Å²) >= 11 is 0. The highest BCUT2D eigenvalue weighted by molar-refractivity contribution is 5.93. The molecule has 0 aliphatic carbocycles. The molecule has 6 aromatic rings. The number of rotatable bonds is 6. The molecule has 35 heavy (non-hydrogen) atoms. The number of benzene rings is 2. The van der Waals surface area contributed by atoms with E-state index < -0.39 is 0 Å². The summed E-state index contributed by atoms with van der Waals surface area (Å²) in [4.78, 5) is 13.0. The van der Waals surface area contributed by atoms with Crippen molar-refractivity contribution in [1.29, 1.82) is 0 Å². The van der Waals surface area contributed by atoms with E-state index in [0.717, 1.165) is 39.2 Å². The monoisotopic (exact) mass is 465 g/mol. The third-order valence-corrected chi connectivity index (χ3v) is 5.33. The maximum atomic E-state index is 6.07. The van der Waals surface area contributed by atoms with Gasteiger partial charge in [-0.25, -0.2) is 19.5 Å². The number of aromatic nitrogens is 7. The van der Waals surface area contributed by atoms with Gasteiger partial charge in [0.2, 0.25) is 5.89 Å². The van der Waals surface area contributed by atoms with Crippen LogP contribution in [0.5, 0.6) is 11.5 Å². The maximum Gasteiger partial charge on any atom is 0.320 e. The van der Waals surface area contributed by atoms with Crippen LogP contribution < -0.4 is 15.4 Å². The molecule has 0 radical (unpaired) electrons. The van der Waals surface area contributed by atoms with Crippen molar-refractivity contribution in [3.8, 4) is 11.5 Å². The molecule has 0 spiro atoms. The zero-order valence-corrected chi connectivity index (χ0v) is 18.8. The lowest BCUT2D eigenvalue weighted by Gasteiger charge is -2.13. The van der Waals surface area contributed by atoms with E-state index in [1.54, 1.807) is 11.4 Å². The summed E-state index contributed by atoms with van der Waals surface area (Å²) in [5.41, 5.74) is 4.13. The summed E-state index contributed by atoms with van der Waals surface area (Å²) in [5, 5.41) is 19.3. The molecule has 0 atom stereocenters. The second-order valence-electron chi connectivity index (χ2n) is 7.84. The molecule has 0 saturated heterocycles. The summed E-state index contributed by atoms with van der Waals surface area (Å²) < 4.78 is 13.2. The van der Waals surface area contributed by atoms with Crippen LogP contribution in [-0.2, 0) is 0 Å². The highest BCUT2D eigenvalue weighted by atomic mass is 16.5. The van der Waals surface area contributed by atoms with Crippen molar-refractivity contribution < 1.29 is 9.15 Å². The zero-order valence-electron chi connectivity index (χ0n) is 18.8. The van der Waals surface area contributed by atoms with Crippen molar-refractivity contribution >= 4 is 39.8 Å². The van der Waals surface area contributed by atoms with Crippen LogP contribution in [-0.4, -0.2) is 34.8 Å². The average molecular weight is 465 g/mol. The quantitative estimate of drug-likeness (QED) is 0.348. The van der Waals surface area contributed by atoms with Crippen molar-refractivity contribution in [2.75, 3.05) is 10.6 Å². The Labute approximate surface area is 198 Å². The summed E-state index contributed by atoms with van der Waals surface area (Å²) in [6.45, 7) is 3.73. The molecule has 0 aliphatic heterocycles. The van der Waals surface area contributed by atoms with E-state index in [0.29, 0.717) is 23.5 Å². The van der Waals surface area contributed by atoms with Gasteiger partial charge in [0.25, 0.3) is 0 Å². The minimum Gasteiger partial charge on any atom is -0.457 e. The van der Waals surface area contributed by atoms with Gasteiger partial charge >= 0.3 is 6.01 Å². The molecule has 2 aromatic carbocycles. The summed E-state index contributed by atoms with van der Waals surface area (Å²) in [6, 6.07) is 15.6. The Morgan fingerprint density at radius 3 is 2.60 bits per heavy atom. The Bertz CT molecular complexity index is 1670. The predicted molar refractivity (Wildman–Crippen MR) is 129 cm³/mol. The third-order valence-electron chi connectivity index (χ3n) is 5.33. The van der Waals surface area contributed by atoms with E-state index in [9.17, 15) is 0 Å². The lowest BCUT2D eigenvalue weighted by molar-refractivity contribution is 0.478. The minimum atomic E-state index is 0.322. The van der Waals surface area contributed by atoms with Gasteiger partial charge in [0.1, 0.15) is 30.0 Å². The molecular weight excluding hydrogens is 446 g/mol. The van der Waals surface area contributed by atoms with Crippen molar-refractivity contribution in [3.05, 3.63) is 78.8 Å². The fourth-order valence-electron chi connectivity index (χ4n) is 3.67. The largest absolute Gasteiger partial charge is 0.457 e. The fraction of sp³-hybridized carbons (Fsp3) is 0.0833. The molecule has 4 aromatic heterocycles. The molecule has 0 aliphatic rings. The van der Waals surface area contributed by atoms with Crippen molar-refractivity contribution in [3.63, 3.8) is 0 Å². The number of nitrogens with zero attached hydrogens (tertiary/aromatic N) is 7. The van der Waals surface area contributed by atoms with Gasteiger partial charge in [-0.2, -0.15) is 5.10 Å². The Morgan fingerprint density at radius 2 is 1.74 bits per heavy atom. The number of ether oxygens (including phenoxy) is 1. The highest BCUT2D eigenvalue weighted by Gasteiger charge is 2.10. The molecule has 6 rings (SSSR count). The van der Waals surface area contributed by atoms with Crippen molar-refractivity contribution in [1.82, 2.24) is 34.8 Å². The van der Waals surface area contributed by atoms with Crippen LogP contribution in [0.15, 0.2) is 71.8 Å². The van der Waals surface area contributed by atoms with Crippen molar-refractivity contribution in [2.24, 2.45) is 0 Å². The summed E-state index contributed by atoms with van der Waals surface area (Å²) in [6.07, 6.45) is 4.85. The number of fused-ring (bicyclic) bond motifs is 2. The first-order valence-corrected chi connectivity index (χ1v) is 10.8. The van der Waals surface area contributed by atoms with Crippen LogP contribution in [0.25, 0.3) is 16.6 Å². The van der Waals surface area contributed by atoms with E-state index in [1.807, 2.05) is 61.7 Å². The van der Waals surface area contributed by atoms with Gasteiger partial charge in [-0.1, -0.05) is 5.10 Å². The van der Waals surface area contributed by atoms with E-state index >= 15 is 0 Å². The molecule has 4 heterocycles. The zero-order chi connectivity index (χ0) is 23.8. The van der Waals surface area contributed by atoms with E-state index in [1.165, 1.54) is 12.7 Å².